The Morgan fingerprint density at radius 1 is 1.00 bits per heavy atom. The number of anilines is 1. The number of rotatable bonds is 5. The van der Waals surface area contributed by atoms with Crippen molar-refractivity contribution < 1.29 is 9.59 Å². The highest BCUT2D eigenvalue weighted by molar-refractivity contribution is 5.96. The fourth-order valence-corrected chi connectivity index (χ4v) is 3.03. The van der Waals surface area contributed by atoms with Gasteiger partial charge in [-0.2, -0.15) is 5.10 Å². The molecular weight excluding hydrogens is 352 g/mol. The molecule has 0 aliphatic carbocycles. The lowest BCUT2D eigenvalue weighted by Crippen LogP contribution is -2.17. The number of benzene rings is 2. The van der Waals surface area contributed by atoms with Crippen LogP contribution in [0.5, 0.6) is 0 Å². The SMILES string of the molecule is CC(=O)Nc1ccc(C(=O)N/N=C\c2cc(C)n(-c3ccccc3)c2C)cc1. The molecule has 0 unspecified atom stereocenters. The molecule has 3 aromatic rings. The van der Waals surface area contributed by atoms with Gasteiger partial charge in [-0.3, -0.25) is 9.59 Å². The molecule has 2 amide bonds. The van der Waals surface area contributed by atoms with E-state index in [0.29, 0.717) is 11.3 Å². The summed E-state index contributed by atoms with van der Waals surface area (Å²) in [6.45, 7) is 5.49. The van der Waals surface area contributed by atoms with E-state index < -0.39 is 0 Å². The quantitative estimate of drug-likeness (QED) is 0.526. The Hall–Kier alpha value is -3.67. The molecule has 3 rings (SSSR count). The van der Waals surface area contributed by atoms with Gasteiger partial charge in [0.25, 0.3) is 5.91 Å². The fourth-order valence-electron chi connectivity index (χ4n) is 3.03. The van der Waals surface area contributed by atoms with Crippen molar-refractivity contribution in [3.63, 3.8) is 0 Å². The number of nitrogens with zero attached hydrogens (tertiary/aromatic N) is 2. The van der Waals surface area contributed by atoms with Crippen LogP contribution in [0, 0.1) is 13.8 Å². The van der Waals surface area contributed by atoms with Gasteiger partial charge >= 0.3 is 0 Å². The first-order chi connectivity index (χ1) is 13.5. The number of hydrazone groups is 1. The summed E-state index contributed by atoms with van der Waals surface area (Å²) in [6.07, 6.45) is 1.64. The van der Waals surface area contributed by atoms with Crippen LogP contribution in [0.15, 0.2) is 65.8 Å². The zero-order valence-corrected chi connectivity index (χ0v) is 16.1. The molecule has 0 saturated carbocycles. The zero-order valence-electron chi connectivity index (χ0n) is 16.1. The second-order valence-electron chi connectivity index (χ2n) is 6.46. The molecule has 2 aromatic carbocycles. The summed E-state index contributed by atoms with van der Waals surface area (Å²) < 4.78 is 2.14. The van der Waals surface area contributed by atoms with Crippen LogP contribution in [0.25, 0.3) is 5.69 Å². The molecule has 0 aliphatic rings. The number of carbonyl (C=O) groups is 2. The van der Waals surface area contributed by atoms with Gasteiger partial charge < -0.3 is 9.88 Å². The monoisotopic (exact) mass is 374 g/mol. The number of amides is 2. The summed E-state index contributed by atoms with van der Waals surface area (Å²) in [5.74, 6) is -0.475. The lowest BCUT2D eigenvalue weighted by Gasteiger charge is -2.09. The average Bonchev–Trinajstić information content (AvgIpc) is 2.96. The second kappa shape index (κ2) is 8.35. The molecule has 1 aromatic heterocycles. The molecular formula is C22H22N4O2. The van der Waals surface area contributed by atoms with Crippen molar-refractivity contribution in [2.75, 3.05) is 5.32 Å². The van der Waals surface area contributed by atoms with E-state index in [1.165, 1.54) is 6.92 Å². The first-order valence-electron chi connectivity index (χ1n) is 8.91. The highest BCUT2D eigenvalue weighted by Crippen LogP contribution is 2.19. The maximum Gasteiger partial charge on any atom is 0.271 e. The lowest BCUT2D eigenvalue weighted by atomic mass is 10.2. The molecule has 1 heterocycles. The summed E-state index contributed by atoms with van der Waals surface area (Å²) in [6, 6.07) is 18.7. The summed E-state index contributed by atoms with van der Waals surface area (Å²) in [5.41, 5.74) is 7.78. The molecule has 142 valence electrons. The molecule has 0 atom stereocenters. The topological polar surface area (TPSA) is 75.5 Å². The van der Waals surface area contributed by atoms with Crippen molar-refractivity contribution in [3.05, 3.63) is 83.2 Å². The molecule has 0 aliphatic heterocycles. The van der Waals surface area contributed by atoms with Crippen LogP contribution in [0.2, 0.25) is 0 Å². The fraction of sp³-hybridized carbons (Fsp3) is 0.136. The smallest absolute Gasteiger partial charge is 0.271 e. The lowest BCUT2D eigenvalue weighted by molar-refractivity contribution is -0.114. The maximum atomic E-state index is 12.2. The summed E-state index contributed by atoms with van der Waals surface area (Å²) in [7, 11) is 0. The number of carbonyl (C=O) groups excluding carboxylic acids is 2. The second-order valence-corrected chi connectivity index (χ2v) is 6.46. The number of hydrogen-bond acceptors (Lipinski definition) is 3. The van der Waals surface area contributed by atoms with Crippen LogP contribution >= 0.6 is 0 Å². The normalized spacial score (nSPS) is 10.8. The molecule has 0 bridgehead atoms. The molecule has 6 heteroatoms. The minimum atomic E-state index is -0.317. The maximum absolute atomic E-state index is 12.2. The average molecular weight is 374 g/mol. The van der Waals surface area contributed by atoms with Crippen molar-refractivity contribution in [1.29, 1.82) is 0 Å². The minimum Gasteiger partial charge on any atom is -0.326 e. The van der Waals surface area contributed by atoms with Gasteiger partial charge in [0.05, 0.1) is 6.21 Å². The molecule has 0 radical (unpaired) electrons. The Balaban J connectivity index is 1.69. The summed E-state index contributed by atoms with van der Waals surface area (Å²) in [5, 5.41) is 6.75. The van der Waals surface area contributed by atoms with Crippen LogP contribution in [0.4, 0.5) is 5.69 Å². The third kappa shape index (κ3) is 4.35. The number of aromatic nitrogens is 1. The first kappa shape index (κ1) is 19.1. The van der Waals surface area contributed by atoms with E-state index in [9.17, 15) is 9.59 Å². The van der Waals surface area contributed by atoms with Crippen LogP contribution in [-0.2, 0) is 4.79 Å². The van der Waals surface area contributed by atoms with Gasteiger partial charge in [0.2, 0.25) is 5.91 Å². The first-order valence-corrected chi connectivity index (χ1v) is 8.91. The summed E-state index contributed by atoms with van der Waals surface area (Å²) >= 11 is 0. The Labute approximate surface area is 163 Å². The highest BCUT2D eigenvalue weighted by Gasteiger charge is 2.09. The van der Waals surface area contributed by atoms with E-state index in [1.54, 1.807) is 30.5 Å². The van der Waals surface area contributed by atoms with Crippen LogP contribution in [0.3, 0.4) is 0 Å². The Morgan fingerprint density at radius 2 is 1.68 bits per heavy atom. The van der Waals surface area contributed by atoms with Crippen molar-refractivity contribution in [3.8, 4) is 5.69 Å². The van der Waals surface area contributed by atoms with Crippen LogP contribution in [0.1, 0.15) is 34.2 Å². The van der Waals surface area contributed by atoms with E-state index in [4.69, 9.17) is 0 Å². The molecule has 6 nitrogen and oxygen atoms in total. The van der Waals surface area contributed by atoms with Gasteiger partial charge in [-0.05, 0) is 56.3 Å². The molecule has 28 heavy (non-hydrogen) atoms. The van der Waals surface area contributed by atoms with Gasteiger partial charge in [-0.15, -0.1) is 0 Å². The third-order valence-electron chi connectivity index (χ3n) is 4.32. The van der Waals surface area contributed by atoms with E-state index in [1.807, 2.05) is 50.2 Å². The van der Waals surface area contributed by atoms with Crippen LogP contribution < -0.4 is 10.7 Å². The zero-order chi connectivity index (χ0) is 20.1. The standard InChI is InChI=1S/C22H22N4O2/c1-15-13-19(16(2)26(15)21-7-5-4-6-8-21)14-23-25-22(28)18-9-11-20(12-10-18)24-17(3)27/h4-14H,1-3H3,(H,24,27)(H,25,28)/b23-14-. The van der Waals surface area contributed by atoms with Gasteiger partial charge in [-0.25, -0.2) is 5.43 Å². The number of aryl methyl sites for hydroxylation is 1. The van der Waals surface area contributed by atoms with E-state index >= 15 is 0 Å². The van der Waals surface area contributed by atoms with E-state index in [-0.39, 0.29) is 11.8 Å². The predicted molar refractivity (Wildman–Crippen MR) is 111 cm³/mol. The Morgan fingerprint density at radius 3 is 2.32 bits per heavy atom. The molecule has 0 saturated heterocycles. The Bertz CT molecular complexity index is 1020. The Kier molecular flexibility index (Phi) is 5.69. The molecule has 0 spiro atoms. The molecule has 2 N–H and O–H groups in total. The number of nitrogens with one attached hydrogen (secondary N) is 2. The largest absolute Gasteiger partial charge is 0.326 e. The van der Waals surface area contributed by atoms with Crippen molar-refractivity contribution in [2.45, 2.75) is 20.8 Å². The van der Waals surface area contributed by atoms with Crippen molar-refractivity contribution >= 4 is 23.7 Å². The third-order valence-corrected chi connectivity index (χ3v) is 4.32. The van der Waals surface area contributed by atoms with Gasteiger partial charge in [-0.1, -0.05) is 18.2 Å². The van der Waals surface area contributed by atoms with Crippen molar-refractivity contribution in [2.24, 2.45) is 5.10 Å². The highest BCUT2D eigenvalue weighted by atomic mass is 16.2. The molecule has 0 fully saturated rings. The number of hydrogen-bond donors (Lipinski definition) is 2. The van der Waals surface area contributed by atoms with E-state index in [2.05, 4.69) is 20.4 Å². The van der Waals surface area contributed by atoms with Crippen LogP contribution in [-0.4, -0.2) is 22.6 Å². The van der Waals surface area contributed by atoms with Gasteiger partial charge in [0.1, 0.15) is 0 Å². The van der Waals surface area contributed by atoms with Crippen molar-refractivity contribution in [1.82, 2.24) is 9.99 Å². The van der Waals surface area contributed by atoms with E-state index in [0.717, 1.165) is 22.6 Å². The predicted octanol–water partition coefficient (Wildman–Crippen LogP) is 3.82. The minimum absolute atomic E-state index is 0.157. The number of para-hydroxylation sites is 1. The summed E-state index contributed by atoms with van der Waals surface area (Å²) in [4.78, 5) is 23.3. The van der Waals surface area contributed by atoms with Gasteiger partial charge in [0.15, 0.2) is 0 Å². The van der Waals surface area contributed by atoms with Gasteiger partial charge in [0, 0.05) is 40.8 Å².